The Morgan fingerprint density at radius 3 is 1.80 bits per heavy atom. The zero-order valence-corrected chi connectivity index (χ0v) is 16.9. The number of terminal acetylenes is 1. The molecule has 0 bridgehead atoms. The molecular formula is C25H32. The van der Waals surface area contributed by atoms with Gasteiger partial charge in [-0.05, 0) is 53.4 Å². The molecule has 0 radical (unpaired) electrons. The Balaban J connectivity index is 0.000000871. The average molecular weight is 333 g/mol. The third-order valence-electron chi connectivity index (χ3n) is 3.82. The number of hydrogen-bond donors (Lipinski definition) is 0. The van der Waals surface area contributed by atoms with Gasteiger partial charge < -0.3 is 0 Å². The van der Waals surface area contributed by atoms with Gasteiger partial charge in [-0.25, -0.2) is 0 Å². The van der Waals surface area contributed by atoms with E-state index in [1.54, 1.807) is 0 Å². The van der Waals surface area contributed by atoms with Crippen LogP contribution in [0.5, 0.6) is 0 Å². The van der Waals surface area contributed by atoms with Gasteiger partial charge in [0.05, 0.1) is 0 Å². The van der Waals surface area contributed by atoms with Gasteiger partial charge in [0, 0.05) is 0 Å². The summed E-state index contributed by atoms with van der Waals surface area (Å²) in [5, 5.41) is 5.41. The molecule has 0 amide bonds. The molecule has 0 atom stereocenters. The van der Waals surface area contributed by atoms with Crippen LogP contribution in [0.25, 0.3) is 27.6 Å². The van der Waals surface area contributed by atoms with Gasteiger partial charge in [0.2, 0.25) is 0 Å². The zero-order chi connectivity index (χ0) is 19.4. The minimum atomic E-state index is 1.31. The molecule has 0 aliphatic heterocycles. The SMILES string of the molecule is C#C.C/C=C\c1c(C)c2ccccc2c2ccc(C)cc12.CC.CC. The molecule has 0 heterocycles. The molecule has 0 nitrogen and oxygen atoms in total. The molecule has 0 aliphatic carbocycles. The highest BCUT2D eigenvalue weighted by Gasteiger charge is 2.09. The highest BCUT2D eigenvalue weighted by Crippen LogP contribution is 2.33. The summed E-state index contributed by atoms with van der Waals surface area (Å²) in [6.45, 7) is 14.5. The van der Waals surface area contributed by atoms with Crippen molar-refractivity contribution in [2.75, 3.05) is 0 Å². The molecule has 0 N–H and O–H groups in total. The topological polar surface area (TPSA) is 0 Å². The second-order valence-electron chi connectivity index (χ2n) is 5.13. The molecule has 0 aromatic heterocycles. The van der Waals surface area contributed by atoms with Crippen molar-refractivity contribution in [3.05, 3.63) is 65.2 Å². The first-order valence-corrected chi connectivity index (χ1v) is 9.10. The number of aryl methyl sites for hydroxylation is 2. The largest absolute Gasteiger partial charge is 0.124 e. The first-order valence-electron chi connectivity index (χ1n) is 9.10. The predicted molar refractivity (Wildman–Crippen MR) is 118 cm³/mol. The van der Waals surface area contributed by atoms with Crippen molar-refractivity contribution in [1.29, 1.82) is 0 Å². The van der Waals surface area contributed by atoms with Crippen LogP contribution in [-0.2, 0) is 0 Å². The molecule has 132 valence electrons. The fraction of sp³-hybridized carbons (Fsp3) is 0.280. The molecule has 0 saturated carbocycles. The summed E-state index contributed by atoms with van der Waals surface area (Å²) in [5.74, 6) is 0. The van der Waals surface area contributed by atoms with Crippen molar-refractivity contribution in [2.24, 2.45) is 0 Å². The van der Waals surface area contributed by atoms with E-state index < -0.39 is 0 Å². The Bertz CT molecular complexity index is 833. The number of fused-ring (bicyclic) bond motifs is 3. The van der Waals surface area contributed by atoms with E-state index in [2.05, 4.69) is 88.2 Å². The minimum Gasteiger partial charge on any atom is -0.124 e. The summed E-state index contributed by atoms with van der Waals surface area (Å²) in [7, 11) is 0. The smallest absolute Gasteiger partial charge is 0.00990 e. The summed E-state index contributed by atoms with van der Waals surface area (Å²) in [6.07, 6.45) is 12.3. The van der Waals surface area contributed by atoms with Crippen molar-refractivity contribution in [2.45, 2.75) is 48.5 Å². The van der Waals surface area contributed by atoms with Crippen molar-refractivity contribution >= 4 is 27.6 Å². The van der Waals surface area contributed by atoms with Gasteiger partial charge in [-0.15, -0.1) is 12.8 Å². The summed E-state index contributed by atoms with van der Waals surface area (Å²) < 4.78 is 0. The maximum Gasteiger partial charge on any atom is -0.00990 e. The monoisotopic (exact) mass is 332 g/mol. The number of rotatable bonds is 1. The summed E-state index contributed by atoms with van der Waals surface area (Å²) in [4.78, 5) is 0. The maximum absolute atomic E-state index is 4.00. The van der Waals surface area contributed by atoms with Crippen LogP contribution >= 0.6 is 0 Å². The number of hydrogen-bond acceptors (Lipinski definition) is 0. The molecule has 0 spiro atoms. The van der Waals surface area contributed by atoms with Gasteiger partial charge in [0.1, 0.15) is 0 Å². The molecule has 0 heteroatoms. The third-order valence-corrected chi connectivity index (χ3v) is 3.82. The summed E-state index contributed by atoms with van der Waals surface area (Å²) in [5.41, 5.74) is 4.03. The fourth-order valence-corrected chi connectivity index (χ4v) is 2.89. The molecule has 0 saturated heterocycles. The van der Waals surface area contributed by atoms with Crippen molar-refractivity contribution < 1.29 is 0 Å². The van der Waals surface area contributed by atoms with Crippen LogP contribution in [0, 0.1) is 26.7 Å². The molecule has 25 heavy (non-hydrogen) atoms. The first-order chi connectivity index (χ1) is 12.2. The second-order valence-corrected chi connectivity index (χ2v) is 5.13. The number of benzene rings is 3. The Hall–Kier alpha value is -2.52. The van der Waals surface area contributed by atoms with Crippen molar-refractivity contribution in [1.82, 2.24) is 0 Å². The highest BCUT2D eigenvalue weighted by atomic mass is 14.1. The molecule has 0 unspecified atom stereocenters. The van der Waals surface area contributed by atoms with E-state index in [0.717, 1.165) is 0 Å². The van der Waals surface area contributed by atoms with Crippen LogP contribution in [-0.4, -0.2) is 0 Å². The average Bonchev–Trinajstić information content (AvgIpc) is 2.70. The first kappa shape index (κ1) is 22.5. The van der Waals surface area contributed by atoms with Crippen LogP contribution in [0.4, 0.5) is 0 Å². The Kier molecular flexibility index (Phi) is 10.7. The van der Waals surface area contributed by atoms with Gasteiger partial charge in [-0.2, -0.15) is 0 Å². The van der Waals surface area contributed by atoms with E-state index in [1.165, 1.54) is 38.2 Å². The van der Waals surface area contributed by atoms with E-state index in [9.17, 15) is 0 Å². The molecule has 3 rings (SSSR count). The van der Waals surface area contributed by atoms with E-state index in [1.807, 2.05) is 27.7 Å². The highest BCUT2D eigenvalue weighted by molar-refractivity contribution is 6.12. The van der Waals surface area contributed by atoms with Gasteiger partial charge in [0.15, 0.2) is 0 Å². The summed E-state index contributed by atoms with van der Waals surface area (Å²) >= 11 is 0. The van der Waals surface area contributed by atoms with Gasteiger partial charge in [0.25, 0.3) is 0 Å². The van der Waals surface area contributed by atoms with Crippen LogP contribution in [0.15, 0.2) is 48.5 Å². The maximum atomic E-state index is 4.00. The zero-order valence-electron chi connectivity index (χ0n) is 16.9. The molecular weight excluding hydrogens is 300 g/mol. The molecule has 3 aromatic carbocycles. The Labute approximate surface area is 154 Å². The minimum absolute atomic E-state index is 1.31. The third kappa shape index (κ3) is 4.97. The quantitative estimate of drug-likeness (QED) is 0.313. The standard InChI is InChI=1S/C19H18.2C2H6.C2H2/c1-4-7-15-14(3)16-8-5-6-9-17(16)18-11-10-13(2)12-19(15)18;3*1-2/h4-12H,1-3H3;2*1-2H3;1-2H/b7-4-;;;. The van der Waals surface area contributed by atoms with Gasteiger partial charge in [-0.1, -0.05) is 87.9 Å². The Morgan fingerprint density at radius 1 is 0.720 bits per heavy atom. The van der Waals surface area contributed by atoms with E-state index in [4.69, 9.17) is 0 Å². The van der Waals surface area contributed by atoms with Crippen LogP contribution in [0.1, 0.15) is 51.3 Å². The molecule has 3 aromatic rings. The van der Waals surface area contributed by atoms with E-state index in [-0.39, 0.29) is 0 Å². The lowest BCUT2D eigenvalue weighted by Crippen LogP contribution is -1.89. The van der Waals surface area contributed by atoms with Crippen LogP contribution in [0.2, 0.25) is 0 Å². The Morgan fingerprint density at radius 2 is 1.24 bits per heavy atom. The summed E-state index contributed by atoms with van der Waals surface area (Å²) in [6, 6.07) is 15.4. The lowest BCUT2D eigenvalue weighted by Gasteiger charge is -2.13. The van der Waals surface area contributed by atoms with Gasteiger partial charge in [-0.3, -0.25) is 0 Å². The van der Waals surface area contributed by atoms with Crippen molar-refractivity contribution in [3.8, 4) is 12.8 Å². The lowest BCUT2D eigenvalue weighted by molar-refractivity contribution is 1.48. The predicted octanol–water partition coefficient (Wildman–Crippen LogP) is 7.94. The molecule has 0 aliphatic rings. The van der Waals surface area contributed by atoms with Crippen LogP contribution < -0.4 is 0 Å². The normalized spacial score (nSPS) is 9.48. The second kappa shape index (κ2) is 11.9. The van der Waals surface area contributed by atoms with Crippen molar-refractivity contribution in [3.63, 3.8) is 0 Å². The van der Waals surface area contributed by atoms with Gasteiger partial charge >= 0.3 is 0 Å². The lowest BCUT2D eigenvalue weighted by atomic mass is 9.91. The number of allylic oxidation sites excluding steroid dienone is 1. The van der Waals surface area contributed by atoms with E-state index >= 15 is 0 Å². The molecule has 0 fully saturated rings. The van der Waals surface area contributed by atoms with E-state index in [0.29, 0.717) is 0 Å². The fourth-order valence-electron chi connectivity index (χ4n) is 2.89. The van der Waals surface area contributed by atoms with Crippen LogP contribution in [0.3, 0.4) is 0 Å².